The van der Waals surface area contributed by atoms with Crippen LogP contribution in [0.3, 0.4) is 0 Å². The van der Waals surface area contributed by atoms with Crippen molar-refractivity contribution in [1.82, 2.24) is 9.88 Å². The van der Waals surface area contributed by atoms with E-state index in [0.717, 1.165) is 42.3 Å². The zero-order valence-corrected chi connectivity index (χ0v) is 13.6. The molecule has 1 unspecified atom stereocenters. The molecule has 2 aromatic rings. The van der Waals surface area contributed by atoms with E-state index in [-0.39, 0.29) is 17.7 Å². The Morgan fingerprint density at radius 2 is 1.96 bits per heavy atom. The highest BCUT2D eigenvalue weighted by Gasteiger charge is 2.30. The first-order valence-electron chi connectivity index (χ1n) is 8.62. The smallest absolute Gasteiger partial charge is 0.254 e. The van der Waals surface area contributed by atoms with Crippen LogP contribution in [0.2, 0.25) is 0 Å². The molecule has 1 saturated carbocycles. The lowest BCUT2D eigenvalue weighted by Crippen LogP contribution is -2.44. The van der Waals surface area contributed by atoms with Crippen LogP contribution in [-0.2, 0) is 4.79 Å². The number of benzene rings is 1. The highest BCUT2D eigenvalue weighted by atomic mass is 16.2. The van der Waals surface area contributed by atoms with Crippen LogP contribution in [0.25, 0.3) is 10.9 Å². The van der Waals surface area contributed by atoms with Crippen molar-refractivity contribution in [3.8, 4) is 0 Å². The summed E-state index contributed by atoms with van der Waals surface area (Å²) < 4.78 is 0. The van der Waals surface area contributed by atoms with Crippen LogP contribution >= 0.6 is 0 Å². The van der Waals surface area contributed by atoms with Crippen LogP contribution in [0.1, 0.15) is 47.7 Å². The van der Waals surface area contributed by atoms with Crippen LogP contribution in [0.15, 0.2) is 30.3 Å². The molecule has 0 spiro atoms. The molecule has 1 atom stereocenters. The Morgan fingerprint density at radius 1 is 1.17 bits per heavy atom. The fourth-order valence-corrected chi connectivity index (χ4v) is 3.53. The number of piperidine rings is 1. The van der Waals surface area contributed by atoms with Crippen LogP contribution in [0.4, 0.5) is 0 Å². The van der Waals surface area contributed by atoms with Gasteiger partial charge in [0.05, 0.1) is 17.0 Å². The molecule has 2 heterocycles. The molecule has 2 N–H and O–H groups in total. The molecule has 1 aliphatic carbocycles. The van der Waals surface area contributed by atoms with Gasteiger partial charge in [-0.1, -0.05) is 18.2 Å². The summed E-state index contributed by atoms with van der Waals surface area (Å²) in [6.07, 6.45) is 3.88. The predicted octanol–water partition coefficient (Wildman–Crippen LogP) is 2.45. The number of fused-ring (bicyclic) bond motifs is 1. The maximum Gasteiger partial charge on any atom is 0.254 e. The van der Waals surface area contributed by atoms with Gasteiger partial charge in [-0.15, -0.1) is 0 Å². The molecule has 124 valence electrons. The molecule has 2 amide bonds. The highest BCUT2D eigenvalue weighted by molar-refractivity contribution is 6.06. The van der Waals surface area contributed by atoms with Crippen LogP contribution in [0.5, 0.6) is 0 Å². The van der Waals surface area contributed by atoms with Gasteiger partial charge in [-0.25, -0.2) is 0 Å². The lowest BCUT2D eigenvalue weighted by molar-refractivity contribution is -0.123. The number of hydrogen-bond acceptors (Lipinski definition) is 3. The number of nitrogens with zero attached hydrogens (tertiary/aromatic N) is 2. The van der Waals surface area contributed by atoms with Gasteiger partial charge in [0, 0.05) is 30.1 Å². The molecular weight excluding hydrogens is 302 g/mol. The van der Waals surface area contributed by atoms with Crippen molar-refractivity contribution in [3.05, 3.63) is 41.6 Å². The lowest BCUT2D eigenvalue weighted by Gasteiger charge is -2.31. The predicted molar refractivity (Wildman–Crippen MR) is 91.5 cm³/mol. The van der Waals surface area contributed by atoms with Crippen LogP contribution in [-0.4, -0.2) is 34.8 Å². The number of para-hydroxylation sites is 1. The minimum atomic E-state index is -0.314. The number of rotatable bonds is 3. The van der Waals surface area contributed by atoms with Gasteiger partial charge in [0.25, 0.3) is 5.91 Å². The number of nitrogens with two attached hydrogens (primary N) is 1. The van der Waals surface area contributed by atoms with E-state index in [1.165, 1.54) is 0 Å². The Morgan fingerprint density at radius 3 is 2.71 bits per heavy atom. The minimum absolute atomic E-state index is 0.0125. The Bertz CT molecular complexity index is 813. The van der Waals surface area contributed by atoms with E-state index in [1.807, 2.05) is 30.3 Å². The Labute approximate surface area is 140 Å². The number of carbonyl (C=O) groups is 2. The third kappa shape index (κ3) is 2.75. The minimum Gasteiger partial charge on any atom is -0.369 e. The summed E-state index contributed by atoms with van der Waals surface area (Å²) in [5.74, 6) is -0.0770. The van der Waals surface area contributed by atoms with Crippen LogP contribution < -0.4 is 5.73 Å². The summed E-state index contributed by atoms with van der Waals surface area (Å²) in [5, 5.41) is 0.882. The van der Waals surface area contributed by atoms with E-state index in [2.05, 4.69) is 0 Å². The van der Waals surface area contributed by atoms with E-state index in [4.69, 9.17) is 10.7 Å². The van der Waals surface area contributed by atoms with E-state index < -0.39 is 0 Å². The molecule has 1 aromatic heterocycles. The summed E-state index contributed by atoms with van der Waals surface area (Å²) in [6, 6.07) is 9.74. The van der Waals surface area contributed by atoms with Gasteiger partial charge in [-0.2, -0.15) is 0 Å². The third-order valence-electron chi connectivity index (χ3n) is 5.07. The molecule has 4 rings (SSSR count). The number of amides is 2. The molecule has 1 saturated heterocycles. The van der Waals surface area contributed by atoms with Gasteiger partial charge in [-0.3, -0.25) is 14.6 Å². The summed E-state index contributed by atoms with van der Waals surface area (Å²) in [6.45, 7) is 1.10. The van der Waals surface area contributed by atoms with Gasteiger partial charge in [0.1, 0.15) is 0 Å². The van der Waals surface area contributed by atoms with Crippen molar-refractivity contribution in [2.75, 3.05) is 13.1 Å². The van der Waals surface area contributed by atoms with Gasteiger partial charge >= 0.3 is 0 Å². The molecule has 1 aliphatic heterocycles. The zero-order chi connectivity index (χ0) is 16.7. The van der Waals surface area contributed by atoms with Gasteiger partial charge in [0.15, 0.2) is 0 Å². The van der Waals surface area contributed by atoms with E-state index >= 15 is 0 Å². The van der Waals surface area contributed by atoms with Crippen molar-refractivity contribution < 1.29 is 9.59 Å². The third-order valence-corrected chi connectivity index (χ3v) is 5.07. The molecule has 2 fully saturated rings. The molecule has 5 nitrogen and oxygen atoms in total. The number of primary amides is 1. The lowest BCUT2D eigenvalue weighted by atomic mass is 9.96. The van der Waals surface area contributed by atoms with Crippen molar-refractivity contribution in [1.29, 1.82) is 0 Å². The van der Waals surface area contributed by atoms with Crippen molar-refractivity contribution in [2.24, 2.45) is 11.7 Å². The summed E-state index contributed by atoms with van der Waals surface area (Å²) in [5.41, 5.74) is 8.03. The summed E-state index contributed by atoms with van der Waals surface area (Å²) >= 11 is 0. The average Bonchev–Trinajstić information content (AvgIpc) is 3.45. The first-order chi connectivity index (χ1) is 11.6. The fourth-order valence-electron chi connectivity index (χ4n) is 3.53. The largest absolute Gasteiger partial charge is 0.369 e. The molecule has 0 bridgehead atoms. The monoisotopic (exact) mass is 323 g/mol. The van der Waals surface area contributed by atoms with Gasteiger partial charge in [-0.05, 0) is 37.8 Å². The second-order valence-corrected chi connectivity index (χ2v) is 6.88. The van der Waals surface area contributed by atoms with Crippen molar-refractivity contribution in [3.63, 3.8) is 0 Å². The highest BCUT2D eigenvalue weighted by Crippen LogP contribution is 2.40. The number of carbonyl (C=O) groups excluding carboxylic acids is 2. The molecule has 0 radical (unpaired) electrons. The average molecular weight is 323 g/mol. The van der Waals surface area contributed by atoms with Gasteiger partial charge < -0.3 is 10.6 Å². The standard InChI is InChI=1S/C19H21N3O2/c20-18(23)13-4-3-9-22(11-13)19(24)15-10-17(12-7-8-12)21-16-6-2-1-5-14(15)16/h1-2,5-6,10,12-13H,3-4,7-9,11H2,(H2,20,23). The number of likely N-dealkylation sites (tertiary alicyclic amines) is 1. The molecule has 5 heteroatoms. The van der Waals surface area contributed by atoms with E-state index in [1.54, 1.807) is 4.90 Å². The molecule has 1 aromatic carbocycles. The van der Waals surface area contributed by atoms with Crippen LogP contribution in [0, 0.1) is 5.92 Å². The second-order valence-electron chi connectivity index (χ2n) is 6.88. The summed E-state index contributed by atoms with van der Waals surface area (Å²) in [7, 11) is 0. The number of aromatic nitrogens is 1. The van der Waals surface area contributed by atoms with Crippen molar-refractivity contribution in [2.45, 2.75) is 31.6 Å². The topological polar surface area (TPSA) is 76.3 Å². The van der Waals surface area contributed by atoms with Crippen molar-refractivity contribution >= 4 is 22.7 Å². The first kappa shape index (κ1) is 15.1. The second kappa shape index (κ2) is 5.89. The maximum atomic E-state index is 13.1. The zero-order valence-electron chi connectivity index (χ0n) is 13.6. The Hall–Kier alpha value is -2.43. The van der Waals surface area contributed by atoms with E-state index in [0.29, 0.717) is 24.6 Å². The fraction of sp³-hybridized carbons (Fsp3) is 0.421. The Balaban J connectivity index is 1.72. The van der Waals surface area contributed by atoms with E-state index in [9.17, 15) is 9.59 Å². The maximum absolute atomic E-state index is 13.1. The normalized spacial score (nSPS) is 21.0. The van der Waals surface area contributed by atoms with Gasteiger partial charge in [0.2, 0.25) is 5.91 Å². The first-order valence-corrected chi connectivity index (χ1v) is 8.62. The molecule has 2 aliphatic rings. The number of hydrogen-bond donors (Lipinski definition) is 1. The quantitative estimate of drug-likeness (QED) is 0.942. The number of pyridine rings is 1. The SMILES string of the molecule is NC(=O)C1CCCN(C(=O)c2cc(C3CC3)nc3ccccc23)C1. The molecule has 24 heavy (non-hydrogen) atoms. The summed E-state index contributed by atoms with van der Waals surface area (Å²) in [4.78, 5) is 31.1. The Kier molecular flexibility index (Phi) is 3.71. The molecular formula is C19H21N3O2.